The lowest BCUT2D eigenvalue weighted by atomic mass is 10.1. The Balaban J connectivity index is 2.53. The number of thiophene rings is 1. The van der Waals surface area contributed by atoms with E-state index in [1.54, 1.807) is 7.11 Å². The molecule has 0 aliphatic carbocycles. The zero-order valence-corrected chi connectivity index (χ0v) is 10.9. The predicted molar refractivity (Wildman–Crippen MR) is 66.6 cm³/mol. The number of rotatable bonds is 6. The summed E-state index contributed by atoms with van der Waals surface area (Å²) in [5.74, 6) is 0. The lowest BCUT2D eigenvalue weighted by molar-refractivity contribution is 0.106. The summed E-state index contributed by atoms with van der Waals surface area (Å²) in [6, 6.07) is 2.66. The van der Waals surface area contributed by atoms with Crippen molar-refractivity contribution in [2.45, 2.75) is 38.8 Å². The molecule has 2 nitrogen and oxygen atoms in total. The summed E-state index contributed by atoms with van der Waals surface area (Å²) in [5.41, 5.74) is 1.39. The third kappa shape index (κ3) is 3.59. The van der Waals surface area contributed by atoms with Crippen LogP contribution in [0.25, 0.3) is 0 Å². The van der Waals surface area contributed by atoms with Crippen LogP contribution in [0.15, 0.2) is 11.4 Å². The van der Waals surface area contributed by atoms with Gasteiger partial charge in [-0.15, -0.1) is 11.3 Å². The van der Waals surface area contributed by atoms with Crippen molar-refractivity contribution >= 4 is 11.3 Å². The first kappa shape index (κ1) is 12.7. The van der Waals surface area contributed by atoms with Gasteiger partial charge in [0.25, 0.3) is 0 Å². The number of ether oxygens (including phenoxy) is 1. The Morgan fingerprint density at radius 3 is 2.67 bits per heavy atom. The van der Waals surface area contributed by atoms with E-state index in [9.17, 15) is 0 Å². The molecule has 1 aromatic rings. The third-order valence-corrected chi connectivity index (χ3v) is 3.96. The molecule has 0 amide bonds. The molecule has 0 fully saturated rings. The van der Waals surface area contributed by atoms with Crippen molar-refractivity contribution in [1.82, 2.24) is 5.32 Å². The van der Waals surface area contributed by atoms with Gasteiger partial charge in [-0.1, -0.05) is 0 Å². The van der Waals surface area contributed by atoms with Crippen LogP contribution >= 0.6 is 11.3 Å². The molecule has 0 saturated heterocycles. The first-order valence-corrected chi connectivity index (χ1v) is 6.31. The van der Waals surface area contributed by atoms with Crippen LogP contribution in [0.1, 0.15) is 36.2 Å². The van der Waals surface area contributed by atoms with E-state index >= 15 is 0 Å². The zero-order valence-electron chi connectivity index (χ0n) is 10.0. The largest absolute Gasteiger partial charge is 0.382 e. The van der Waals surface area contributed by atoms with E-state index in [-0.39, 0.29) is 0 Å². The maximum Gasteiger partial charge on any atom is 0.0543 e. The van der Waals surface area contributed by atoms with Gasteiger partial charge < -0.3 is 10.1 Å². The second-order valence-electron chi connectivity index (χ2n) is 3.93. The Hall–Kier alpha value is -0.380. The lowest BCUT2D eigenvalue weighted by Crippen LogP contribution is -2.18. The van der Waals surface area contributed by atoms with Gasteiger partial charge in [-0.25, -0.2) is 0 Å². The van der Waals surface area contributed by atoms with Gasteiger partial charge in [0.05, 0.1) is 6.10 Å². The molecule has 0 aliphatic heterocycles. The molecule has 2 unspecified atom stereocenters. The van der Waals surface area contributed by atoms with Gasteiger partial charge in [-0.2, -0.15) is 0 Å². The Labute approximate surface area is 96.7 Å². The molecule has 0 spiro atoms. The molecule has 1 heterocycles. The van der Waals surface area contributed by atoms with E-state index in [4.69, 9.17) is 4.74 Å². The van der Waals surface area contributed by atoms with Gasteiger partial charge in [0, 0.05) is 18.0 Å². The average Bonchev–Trinajstić information content (AvgIpc) is 2.65. The quantitative estimate of drug-likeness (QED) is 0.806. The fourth-order valence-electron chi connectivity index (χ4n) is 1.67. The molecule has 1 N–H and O–H groups in total. The lowest BCUT2D eigenvalue weighted by Gasteiger charge is -2.18. The summed E-state index contributed by atoms with van der Waals surface area (Å²) in [4.78, 5) is 1.46. The SMILES string of the molecule is CNC(CCC(C)OC)c1sccc1C. The molecule has 0 aliphatic rings. The smallest absolute Gasteiger partial charge is 0.0543 e. The van der Waals surface area contributed by atoms with Gasteiger partial charge in [-0.3, -0.25) is 0 Å². The van der Waals surface area contributed by atoms with E-state index in [2.05, 4.69) is 30.6 Å². The Morgan fingerprint density at radius 1 is 1.47 bits per heavy atom. The highest BCUT2D eigenvalue weighted by Crippen LogP contribution is 2.27. The number of aryl methyl sites for hydroxylation is 1. The van der Waals surface area contributed by atoms with Gasteiger partial charge in [0.1, 0.15) is 0 Å². The molecule has 0 radical (unpaired) electrons. The van der Waals surface area contributed by atoms with Crippen LogP contribution in [0.3, 0.4) is 0 Å². The van der Waals surface area contributed by atoms with Crippen molar-refractivity contribution < 1.29 is 4.74 Å². The van der Waals surface area contributed by atoms with E-state index in [1.807, 2.05) is 18.4 Å². The maximum atomic E-state index is 5.27. The normalized spacial score (nSPS) is 15.2. The molecule has 0 saturated carbocycles. The summed E-state index contributed by atoms with van der Waals surface area (Å²) >= 11 is 1.84. The molecule has 0 aromatic carbocycles. The first-order chi connectivity index (χ1) is 7.19. The standard InChI is InChI=1S/C12H21NOS/c1-9-7-8-15-12(9)11(13-3)6-5-10(2)14-4/h7-8,10-11,13H,5-6H2,1-4H3. The average molecular weight is 227 g/mol. The molecular weight excluding hydrogens is 206 g/mol. The highest BCUT2D eigenvalue weighted by Gasteiger charge is 2.14. The van der Waals surface area contributed by atoms with Crippen LogP contribution < -0.4 is 5.32 Å². The van der Waals surface area contributed by atoms with E-state index in [1.165, 1.54) is 10.4 Å². The van der Waals surface area contributed by atoms with Crippen molar-refractivity contribution in [1.29, 1.82) is 0 Å². The van der Waals surface area contributed by atoms with Gasteiger partial charge in [0.15, 0.2) is 0 Å². The summed E-state index contributed by atoms with van der Waals surface area (Å²) < 4.78 is 5.27. The second kappa shape index (κ2) is 6.26. The van der Waals surface area contributed by atoms with Crippen molar-refractivity contribution in [3.63, 3.8) is 0 Å². The van der Waals surface area contributed by atoms with Crippen molar-refractivity contribution in [2.75, 3.05) is 14.2 Å². The Bertz CT molecular complexity index is 285. The Morgan fingerprint density at radius 2 is 2.20 bits per heavy atom. The number of hydrogen-bond donors (Lipinski definition) is 1. The minimum atomic E-state index is 0.348. The van der Waals surface area contributed by atoms with Gasteiger partial charge >= 0.3 is 0 Å². The number of nitrogens with one attached hydrogen (secondary N) is 1. The Kier molecular flexibility index (Phi) is 5.29. The number of methoxy groups -OCH3 is 1. The fraction of sp³-hybridized carbons (Fsp3) is 0.667. The topological polar surface area (TPSA) is 21.3 Å². The van der Waals surface area contributed by atoms with Crippen LogP contribution in [0.4, 0.5) is 0 Å². The van der Waals surface area contributed by atoms with Crippen LogP contribution in [0.2, 0.25) is 0 Å². The van der Waals surface area contributed by atoms with Crippen molar-refractivity contribution in [3.8, 4) is 0 Å². The van der Waals surface area contributed by atoms with Crippen LogP contribution in [-0.4, -0.2) is 20.3 Å². The van der Waals surface area contributed by atoms with E-state index < -0.39 is 0 Å². The molecule has 1 aromatic heterocycles. The highest BCUT2D eigenvalue weighted by molar-refractivity contribution is 7.10. The van der Waals surface area contributed by atoms with Gasteiger partial charge in [0.2, 0.25) is 0 Å². The molecule has 1 rings (SSSR count). The third-order valence-electron chi connectivity index (χ3n) is 2.83. The minimum Gasteiger partial charge on any atom is -0.382 e. The van der Waals surface area contributed by atoms with Crippen molar-refractivity contribution in [2.24, 2.45) is 0 Å². The summed E-state index contributed by atoms with van der Waals surface area (Å²) in [6.45, 7) is 4.30. The van der Waals surface area contributed by atoms with E-state index in [0.717, 1.165) is 12.8 Å². The minimum absolute atomic E-state index is 0.348. The number of hydrogen-bond acceptors (Lipinski definition) is 3. The molecule has 86 valence electrons. The monoisotopic (exact) mass is 227 g/mol. The molecular formula is C12H21NOS. The van der Waals surface area contributed by atoms with E-state index in [0.29, 0.717) is 12.1 Å². The van der Waals surface area contributed by atoms with Crippen molar-refractivity contribution in [3.05, 3.63) is 21.9 Å². The summed E-state index contributed by atoms with van der Waals surface area (Å²) in [7, 11) is 3.80. The van der Waals surface area contributed by atoms with Gasteiger partial charge in [-0.05, 0) is 50.7 Å². The summed E-state index contributed by atoms with van der Waals surface area (Å²) in [6.07, 6.45) is 2.58. The highest BCUT2D eigenvalue weighted by atomic mass is 32.1. The summed E-state index contributed by atoms with van der Waals surface area (Å²) in [5, 5.41) is 5.54. The second-order valence-corrected chi connectivity index (χ2v) is 4.88. The predicted octanol–water partition coefficient (Wildman–Crippen LogP) is 3.13. The zero-order chi connectivity index (χ0) is 11.3. The molecule has 0 bridgehead atoms. The molecule has 15 heavy (non-hydrogen) atoms. The molecule has 3 heteroatoms. The molecule has 2 atom stereocenters. The van der Waals surface area contributed by atoms with Crippen LogP contribution in [0.5, 0.6) is 0 Å². The van der Waals surface area contributed by atoms with Crippen LogP contribution in [-0.2, 0) is 4.74 Å². The maximum absolute atomic E-state index is 5.27. The first-order valence-electron chi connectivity index (χ1n) is 5.43. The fourth-order valence-corrected chi connectivity index (χ4v) is 2.74. The van der Waals surface area contributed by atoms with Crippen LogP contribution in [0, 0.1) is 6.92 Å².